The minimum absolute atomic E-state index is 0.345. The van der Waals surface area contributed by atoms with E-state index < -0.39 is 5.82 Å². The third-order valence-electron chi connectivity index (χ3n) is 3.26. The lowest BCUT2D eigenvalue weighted by molar-refractivity contribution is 0.411. The Hall–Kier alpha value is -2.69. The van der Waals surface area contributed by atoms with Crippen molar-refractivity contribution in [2.75, 3.05) is 19.5 Å². The molecule has 3 aromatic rings. The fraction of sp³-hybridized carbons (Fsp3) is 0.125. The third-order valence-corrected chi connectivity index (χ3v) is 3.26. The average Bonchev–Trinajstić information content (AvgIpc) is 2.53. The van der Waals surface area contributed by atoms with E-state index in [9.17, 15) is 4.39 Å². The summed E-state index contributed by atoms with van der Waals surface area (Å²) in [6.45, 7) is 0. The maximum Gasteiger partial charge on any atom is 0.165 e. The van der Waals surface area contributed by atoms with Crippen LogP contribution >= 0.6 is 0 Å². The Labute approximate surface area is 121 Å². The predicted molar refractivity (Wildman–Crippen MR) is 81.0 cm³/mol. The van der Waals surface area contributed by atoms with Crippen LogP contribution in [0, 0.1) is 5.82 Å². The van der Waals surface area contributed by atoms with Gasteiger partial charge in [-0.1, -0.05) is 12.1 Å². The highest BCUT2D eigenvalue weighted by atomic mass is 19.1. The molecule has 0 amide bonds. The summed E-state index contributed by atoms with van der Waals surface area (Å²) in [4.78, 5) is 8.84. The maximum atomic E-state index is 14.2. The monoisotopic (exact) mass is 283 g/mol. The first-order valence-electron chi connectivity index (χ1n) is 6.51. The zero-order chi connectivity index (χ0) is 14.8. The summed E-state index contributed by atoms with van der Waals surface area (Å²) in [5.41, 5.74) is 1.11. The highest BCUT2D eigenvalue weighted by molar-refractivity contribution is 5.90. The molecule has 1 aromatic heterocycles. The van der Waals surface area contributed by atoms with Crippen molar-refractivity contribution in [1.29, 1.82) is 0 Å². The number of para-hydroxylation sites is 1. The number of nitrogens with zero attached hydrogens (tertiary/aromatic N) is 2. The van der Waals surface area contributed by atoms with Gasteiger partial charge >= 0.3 is 0 Å². The number of nitrogens with one attached hydrogen (secondary N) is 1. The second kappa shape index (κ2) is 5.36. The van der Waals surface area contributed by atoms with E-state index in [1.165, 1.54) is 13.2 Å². The van der Waals surface area contributed by atoms with Gasteiger partial charge in [0.2, 0.25) is 0 Å². The summed E-state index contributed by atoms with van der Waals surface area (Å²) in [7, 11) is 3.28. The van der Waals surface area contributed by atoms with E-state index in [2.05, 4.69) is 15.3 Å². The lowest BCUT2D eigenvalue weighted by atomic mass is 10.1. The van der Waals surface area contributed by atoms with Gasteiger partial charge < -0.3 is 10.1 Å². The number of anilines is 1. The van der Waals surface area contributed by atoms with Crippen molar-refractivity contribution in [1.82, 2.24) is 9.97 Å². The van der Waals surface area contributed by atoms with Crippen LogP contribution in [0.15, 0.2) is 42.5 Å². The fourth-order valence-corrected chi connectivity index (χ4v) is 2.19. The van der Waals surface area contributed by atoms with Gasteiger partial charge in [-0.15, -0.1) is 0 Å². The standard InChI is InChI=1S/C16H14FN3O/c1-18-15-12-5-3-4-6-14(12)19-16(20-15)11-8-7-10(21-2)9-13(11)17/h3-9H,1-2H3,(H,18,19,20). The topological polar surface area (TPSA) is 47.0 Å². The molecular formula is C16H14FN3O. The first-order chi connectivity index (χ1) is 10.2. The van der Waals surface area contributed by atoms with E-state index in [4.69, 9.17) is 4.74 Å². The van der Waals surface area contributed by atoms with E-state index in [1.807, 2.05) is 24.3 Å². The van der Waals surface area contributed by atoms with Gasteiger partial charge in [-0.25, -0.2) is 14.4 Å². The highest BCUT2D eigenvalue weighted by Gasteiger charge is 2.12. The molecule has 0 aliphatic rings. The highest BCUT2D eigenvalue weighted by Crippen LogP contribution is 2.27. The Morgan fingerprint density at radius 3 is 2.62 bits per heavy atom. The molecule has 106 valence electrons. The Balaban J connectivity index is 2.21. The number of methoxy groups -OCH3 is 1. The van der Waals surface area contributed by atoms with Crippen molar-refractivity contribution in [2.45, 2.75) is 0 Å². The van der Waals surface area contributed by atoms with E-state index in [1.54, 1.807) is 19.2 Å². The molecule has 3 rings (SSSR count). The smallest absolute Gasteiger partial charge is 0.165 e. The summed E-state index contributed by atoms with van der Waals surface area (Å²) in [6.07, 6.45) is 0. The zero-order valence-electron chi connectivity index (χ0n) is 11.7. The van der Waals surface area contributed by atoms with Gasteiger partial charge in [0.25, 0.3) is 0 Å². The van der Waals surface area contributed by atoms with Gasteiger partial charge in [-0.2, -0.15) is 0 Å². The van der Waals surface area contributed by atoms with Crippen molar-refractivity contribution in [3.05, 3.63) is 48.3 Å². The molecule has 5 heteroatoms. The molecule has 0 saturated carbocycles. The van der Waals surface area contributed by atoms with Crippen molar-refractivity contribution in [3.63, 3.8) is 0 Å². The second-order valence-corrected chi connectivity index (χ2v) is 4.51. The Morgan fingerprint density at radius 1 is 1.10 bits per heavy atom. The molecular weight excluding hydrogens is 269 g/mol. The number of rotatable bonds is 3. The predicted octanol–water partition coefficient (Wildman–Crippen LogP) is 3.49. The molecule has 0 bridgehead atoms. The largest absolute Gasteiger partial charge is 0.497 e. The molecule has 0 unspecified atom stereocenters. The van der Waals surface area contributed by atoms with Crippen LogP contribution in [0.2, 0.25) is 0 Å². The molecule has 0 aliphatic heterocycles. The van der Waals surface area contributed by atoms with Crippen molar-refractivity contribution >= 4 is 16.7 Å². The van der Waals surface area contributed by atoms with Gasteiger partial charge in [0.15, 0.2) is 5.82 Å². The average molecular weight is 283 g/mol. The Kier molecular flexibility index (Phi) is 3.39. The number of hydrogen-bond acceptors (Lipinski definition) is 4. The number of halogens is 1. The summed E-state index contributed by atoms with van der Waals surface area (Å²) in [6, 6.07) is 12.3. The van der Waals surface area contributed by atoms with Crippen LogP contribution in [-0.2, 0) is 0 Å². The fourth-order valence-electron chi connectivity index (χ4n) is 2.19. The first kappa shape index (κ1) is 13.3. The molecule has 1 heterocycles. The molecule has 4 nitrogen and oxygen atoms in total. The molecule has 0 fully saturated rings. The normalized spacial score (nSPS) is 10.6. The molecule has 0 aliphatic carbocycles. The summed E-state index contributed by atoms with van der Waals surface area (Å²) in [5.74, 6) is 1.07. The van der Waals surface area contributed by atoms with Crippen LogP contribution < -0.4 is 10.1 Å². The molecule has 0 spiro atoms. The van der Waals surface area contributed by atoms with Crippen molar-refractivity contribution in [2.24, 2.45) is 0 Å². The number of aromatic nitrogens is 2. The van der Waals surface area contributed by atoms with E-state index >= 15 is 0 Å². The zero-order valence-corrected chi connectivity index (χ0v) is 11.7. The van der Waals surface area contributed by atoms with Gasteiger partial charge in [0.05, 0.1) is 18.2 Å². The van der Waals surface area contributed by atoms with Crippen LogP contribution in [0.25, 0.3) is 22.3 Å². The van der Waals surface area contributed by atoms with Crippen LogP contribution in [0.5, 0.6) is 5.75 Å². The van der Waals surface area contributed by atoms with Crippen LogP contribution in [0.3, 0.4) is 0 Å². The van der Waals surface area contributed by atoms with E-state index in [0.29, 0.717) is 23.0 Å². The van der Waals surface area contributed by atoms with Gasteiger partial charge in [-0.3, -0.25) is 0 Å². The van der Waals surface area contributed by atoms with Gasteiger partial charge in [-0.05, 0) is 24.3 Å². The quantitative estimate of drug-likeness (QED) is 0.799. The maximum absolute atomic E-state index is 14.2. The minimum Gasteiger partial charge on any atom is -0.497 e. The van der Waals surface area contributed by atoms with Crippen molar-refractivity contribution < 1.29 is 9.13 Å². The molecule has 0 atom stereocenters. The number of benzene rings is 2. The third kappa shape index (κ3) is 2.38. The first-order valence-corrected chi connectivity index (χ1v) is 6.51. The van der Waals surface area contributed by atoms with Crippen LogP contribution in [0.1, 0.15) is 0 Å². The van der Waals surface area contributed by atoms with Crippen LogP contribution in [0.4, 0.5) is 10.2 Å². The minimum atomic E-state index is -0.410. The van der Waals surface area contributed by atoms with E-state index in [-0.39, 0.29) is 0 Å². The Morgan fingerprint density at radius 2 is 1.90 bits per heavy atom. The molecule has 21 heavy (non-hydrogen) atoms. The van der Waals surface area contributed by atoms with Crippen LogP contribution in [-0.4, -0.2) is 24.1 Å². The number of hydrogen-bond donors (Lipinski definition) is 1. The molecule has 1 N–H and O–H groups in total. The SMILES string of the molecule is CNc1nc(-c2ccc(OC)cc2F)nc2ccccc12. The van der Waals surface area contributed by atoms with Gasteiger partial charge in [0.1, 0.15) is 17.4 Å². The molecule has 2 aromatic carbocycles. The van der Waals surface area contributed by atoms with Crippen molar-refractivity contribution in [3.8, 4) is 17.1 Å². The van der Waals surface area contributed by atoms with Gasteiger partial charge in [0, 0.05) is 18.5 Å². The molecule has 0 saturated heterocycles. The molecule has 0 radical (unpaired) electrons. The lowest BCUT2D eigenvalue weighted by Crippen LogP contribution is -2.00. The summed E-state index contributed by atoms with van der Waals surface area (Å²) >= 11 is 0. The number of fused-ring (bicyclic) bond motifs is 1. The Bertz CT molecular complexity index is 805. The summed E-state index contributed by atoms with van der Waals surface area (Å²) < 4.78 is 19.2. The number of ether oxygens (including phenoxy) is 1. The summed E-state index contributed by atoms with van der Waals surface area (Å²) in [5, 5.41) is 3.92. The second-order valence-electron chi connectivity index (χ2n) is 4.51. The van der Waals surface area contributed by atoms with E-state index in [0.717, 1.165) is 10.9 Å². The lowest BCUT2D eigenvalue weighted by Gasteiger charge is -2.09.